The van der Waals surface area contributed by atoms with Crippen molar-refractivity contribution >= 4 is 0 Å². The molecule has 5 nitrogen and oxygen atoms in total. The van der Waals surface area contributed by atoms with Gasteiger partial charge in [0.25, 0.3) is 0 Å². The third-order valence-electron chi connectivity index (χ3n) is 4.20. The second-order valence-electron chi connectivity index (χ2n) is 6.15. The average molecular weight is 340 g/mol. The van der Waals surface area contributed by atoms with Crippen molar-refractivity contribution in [2.45, 2.75) is 39.0 Å². The summed E-state index contributed by atoms with van der Waals surface area (Å²) in [5.41, 5.74) is 0.582. The van der Waals surface area contributed by atoms with Crippen molar-refractivity contribution in [2.24, 2.45) is 5.92 Å². The van der Waals surface area contributed by atoms with Gasteiger partial charge >= 0.3 is 6.18 Å². The molecule has 3 heterocycles. The Morgan fingerprint density at radius 3 is 2.88 bits per heavy atom. The maximum absolute atomic E-state index is 12.7. The fourth-order valence-corrected chi connectivity index (χ4v) is 2.95. The molecule has 1 atom stereocenters. The molecule has 8 heteroatoms. The van der Waals surface area contributed by atoms with Crippen LogP contribution >= 0.6 is 0 Å². The molecule has 0 radical (unpaired) electrons. The van der Waals surface area contributed by atoms with Crippen molar-refractivity contribution in [1.29, 1.82) is 0 Å². The van der Waals surface area contributed by atoms with Gasteiger partial charge in [-0.05, 0) is 31.4 Å². The highest BCUT2D eigenvalue weighted by Gasteiger charge is 2.35. The number of alkyl halides is 3. The lowest BCUT2D eigenvalue weighted by atomic mass is 9.99. The summed E-state index contributed by atoms with van der Waals surface area (Å²) in [5.74, 6) is 0.861. The van der Waals surface area contributed by atoms with Gasteiger partial charge in [0, 0.05) is 37.9 Å². The van der Waals surface area contributed by atoms with Crippen LogP contribution in [-0.2, 0) is 25.7 Å². The molecule has 0 saturated heterocycles. The Kier molecular flexibility index (Phi) is 4.49. The number of nitrogens with one attached hydrogen (secondary N) is 1. The number of halogens is 3. The molecule has 1 aliphatic heterocycles. The standard InChI is InChI=1S/C16H19F3N4O/c1-10-2-4-13(24)12(21-10)7-20-6-11-3-5-15-22-14(16(17,18)19)9-23(15)8-11/h2,4,9,11,20,24H,3,5-8H2,1H3. The van der Waals surface area contributed by atoms with Gasteiger partial charge in [-0.3, -0.25) is 4.98 Å². The summed E-state index contributed by atoms with van der Waals surface area (Å²) in [4.78, 5) is 7.95. The topological polar surface area (TPSA) is 63.0 Å². The zero-order chi connectivity index (χ0) is 17.3. The Hall–Kier alpha value is -2.09. The Bertz CT molecular complexity index is 727. The lowest BCUT2D eigenvalue weighted by Crippen LogP contribution is -2.30. The van der Waals surface area contributed by atoms with E-state index in [0.717, 1.165) is 18.3 Å². The number of hydrogen-bond acceptors (Lipinski definition) is 4. The molecule has 1 unspecified atom stereocenters. The minimum Gasteiger partial charge on any atom is -0.506 e. The number of pyridine rings is 1. The van der Waals surface area contributed by atoms with Crippen LogP contribution in [0.2, 0.25) is 0 Å². The molecular formula is C16H19F3N4O. The molecule has 0 bridgehead atoms. The van der Waals surface area contributed by atoms with E-state index in [1.807, 2.05) is 6.92 Å². The smallest absolute Gasteiger partial charge is 0.434 e. The van der Waals surface area contributed by atoms with E-state index in [2.05, 4.69) is 15.3 Å². The molecule has 2 aromatic rings. The van der Waals surface area contributed by atoms with Crippen molar-refractivity contribution in [3.63, 3.8) is 0 Å². The molecule has 1 aliphatic rings. The minimum atomic E-state index is -4.40. The van der Waals surface area contributed by atoms with Gasteiger partial charge in [-0.25, -0.2) is 4.98 Å². The van der Waals surface area contributed by atoms with Crippen LogP contribution in [0.3, 0.4) is 0 Å². The van der Waals surface area contributed by atoms with Crippen molar-refractivity contribution in [3.05, 3.63) is 41.2 Å². The lowest BCUT2D eigenvalue weighted by molar-refractivity contribution is -0.141. The van der Waals surface area contributed by atoms with E-state index in [4.69, 9.17) is 0 Å². The van der Waals surface area contributed by atoms with E-state index >= 15 is 0 Å². The first-order chi connectivity index (χ1) is 11.3. The van der Waals surface area contributed by atoms with E-state index in [1.165, 1.54) is 0 Å². The number of rotatable bonds is 4. The van der Waals surface area contributed by atoms with E-state index in [0.29, 0.717) is 37.6 Å². The summed E-state index contributed by atoms with van der Waals surface area (Å²) in [6.07, 6.45) is -1.98. The first-order valence-corrected chi connectivity index (χ1v) is 7.82. The fraction of sp³-hybridized carbons (Fsp3) is 0.500. The summed E-state index contributed by atoms with van der Waals surface area (Å²) in [6.45, 7) is 3.43. The number of aryl methyl sites for hydroxylation is 2. The molecule has 0 saturated carbocycles. The van der Waals surface area contributed by atoms with Gasteiger partial charge in [0.05, 0.1) is 5.69 Å². The number of hydrogen-bond donors (Lipinski definition) is 2. The minimum absolute atomic E-state index is 0.142. The lowest BCUT2D eigenvalue weighted by Gasteiger charge is -2.24. The number of nitrogens with zero attached hydrogens (tertiary/aromatic N) is 3. The fourth-order valence-electron chi connectivity index (χ4n) is 2.95. The van der Waals surface area contributed by atoms with Crippen molar-refractivity contribution in [3.8, 4) is 5.75 Å². The summed E-state index contributed by atoms with van der Waals surface area (Å²) < 4.78 is 39.7. The molecule has 0 aromatic carbocycles. The second-order valence-corrected chi connectivity index (χ2v) is 6.15. The Morgan fingerprint density at radius 2 is 2.12 bits per heavy atom. The van der Waals surface area contributed by atoms with Crippen LogP contribution in [-0.4, -0.2) is 26.2 Å². The summed E-state index contributed by atoms with van der Waals surface area (Å²) in [5, 5.41) is 13.0. The van der Waals surface area contributed by atoms with Gasteiger partial charge in [-0.2, -0.15) is 13.2 Å². The first kappa shape index (κ1) is 16.8. The molecular weight excluding hydrogens is 321 g/mol. The monoisotopic (exact) mass is 340 g/mol. The molecule has 0 amide bonds. The van der Waals surface area contributed by atoms with Gasteiger partial charge in [0.2, 0.25) is 0 Å². The molecule has 0 spiro atoms. The largest absolute Gasteiger partial charge is 0.506 e. The normalized spacial score (nSPS) is 17.8. The first-order valence-electron chi connectivity index (χ1n) is 7.82. The number of fused-ring (bicyclic) bond motifs is 1. The van der Waals surface area contributed by atoms with Crippen LogP contribution in [0.5, 0.6) is 5.75 Å². The van der Waals surface area contributed by atoms with Crippen LogP contribution in [0, 0.1) is 12.8 Å². The van der Waals surface area contributed by atoms with Gasteiger partial charge < -0.3 is 15.0 Å². The Balaban J connectivity index is 1.56. The zero-order valence-corrected chi connectivity index (χ0v) is 13.3. The van der Waals surface area contributed by atoms with Crippen LogP contribution in [0.25, 0.3) is 0 Å². The SMILES string of the molecule is Cc1ccc(O)c(CNCC2CCc3nc(C(F)(F)F)cn3C2)n1. The molecule has 24 heavy (non-hydrogen) atoms. The Morgan fingerprint density at radius 1 is 1.33 bits per heavy atom. The van der Waals surface area contributed by atoms with Crippen molar-refractivity contribution in [1.82, 2.24) is 19.9 Å². The molecule has 130 valence electrons. The Labute approximate surface area is 137 Å². The maximum atomic E-state index is 12.7. The van der Waals surface area contributed by atoms with E-state index in [-0.39, 0.29) is 11.7 Å². The van der Waals surface area contributed by atoms with Crippen LogP contribution in [0.1, 0.15) is 29.3 Å². The summed E-state index contributed by atoms with van der Waals surface area (Å²) in [6, 6.07) is 3.34. The molecule has 0 fully saturated rings. The van der Waals surface area contributed by atoms with Gasteiger partial charge in [-0.15, -0.1) is 0 Å². The van der Waals surface area contributed by atoms with E-state index < -0.39 is 11.9 Å². The van der Waals surface area contributed by atoms with Crippen LogP contribution < -0.4 is 5.32 Å². The van der Waals surface area contributed by atoms with Gasteiger partial charge in [-0.1, -0.05) is 0 Å². The number of aromatic hydroxyl groups is 1. The van der Waals surface area contributed by atoms with Gasteiger partial charge in [0.1, 0.15) is 11.6 Å². The van der Waals surface area contributed by atoms with E-state index in [1.54, 1.807) is 16.7 Å². The maximum Gasteiger partial charge on any atom is 0.434 e. The average Bonchev–Trinajstić information content (AvgIpc) is 2.94. The molecule has 2 aromatic heterocycles. The molecule has 3 rings (SSSR count). The third kappa shape index (κ3) is 3.69. The number of imidazole rings is 1. The predicted octanol–water partition coefficient (Wildman–Crippen LogP) is 2.66. The van der Waals surface area contributed by atoms with Gasteiger partial charge in [0.15, 0.2) is 5.69 Å². The third-order valence-corrected chi connectivity index (χ3v) is 4.20. The van der Waals surface area contributed by atoms with E-state index in [9.17, 15) is 18.3 Å². The summed E-state index contributed by atoms with van der Waals surface area (Å²) >= 11 is 0. The van der Waals surface area contributed by atoms with Crippen LogP contribution in [0.4, 0.5) is 13.2 Å². The summed E-state index contributed by atoms with van der Waals surface area (Å²) in [7, 11) is 0. The highest BCUT2D eigenvalue weighted by molar-refractivity contribution is 5.27. The zero-order valence-electron chi connectivity index (χ0n) is 13.3. The molecule has 2 N–H and O–H groups in total. The quantitative estimate of drug-likeness (QED) is 0.898. The number of aromatic nitrogens is 3. The van der Waals surface area contributed by atoms with Crippen molar-refractivity contribution in [2.75, 3.05) is 6.54 Å². The molecule has 0 aliphatic carbocycles. The highest BCUT2D eigenvalue weighted by atomic mass is 19.4. The van der Waals surface area contributed by atoms with Crippen molar-refractivity contribution < 1.29 is 18.3 Å². The highest BCUT2D eigenvalue weighted by Crippen LogP contribution is 2.30. The van der Waals surface area contributed by atoms with Crippen LogP contribution in [0.15, 0.2) is 18.3 Å². The predicted molar refractivity (Wildman–Crippen MR) is 81.4 cm³/mol. The second kappa shape index (κ2) is 6.43.